The molecule has 0 aliphatic carbocycles. The summed E-state index contributed by atoms with van der Waals surface area (Å²) in [6, 6.07) is 5.30. The third-order valence-corrected chi connectivity index (χ3v) is 3.69. The highest BCUT2D eigenvalue weighted by molar-refractivity contribution is 6.31. The van der Waals surface area contributed by atoms with Gasteiger partial charge >= 0.3 is 0 Å². The van der Waals surface area contributed by atoms with Crippen LogP contribution in [0.4, 0.5) is 0 Å². The lowest BCUT2D eigenvalue weighted by atomic mass is 10.1. The Balaban J connectivity index is 1.98. The Labute approximate surface area is 107 Å². The van der Waals surface area contributed by atoms with Gasteiger partial charge in [-0.25, -0.2) is 0 Å². The van der Waals surface area contributed by atoms with Gasteiger partial charge in [0, 0.05) is 23.7 Å². The monoisotopic (exact) mass is 254 g/mol. The van der Waals surface area contributed by atoms with E-state index in [2.05, 4.69) is 10.2 Å². The Morgan fingerprint density at radius 3 is 3.06 bits per heavy atom. The number of nitrogens with zero attached hydrogens (tertiary/aromatic N) is 1. The summed E-state index contributed by atoms with van der Waals surface area (Å²) >= 11 is 6.11. The second-order valence-electron chi connectivity index (χ2n) is 4.69. The molecule has 0 spiro atoms. The predicted octanol–water partition coefficient (Wildman–Crippen LogP) is 2.09. The first-order chi connectivity index (χ1) is 8.20. The Hall–Kier alpha value is -0.770. The summed E-state index contributed by atoms with van der Waals surface area (Å²) in [4.78, 5) is 2.35. The quantitative estimate of drug-likeness (QED) is 0.864. The van der Waals surface area contributed by atoms with Gasteiger partial charge in [-0.15, -0.1) is 0 Å². The second-order valence-corrected chi connectivity index (χ2v) is 5.09. The fourth-order valence-corrected chi connectivity index (χ4v) is 2.67. The first-order valence-corrected chi connectivity index (χ1v) is 6.42. The van der Waals surface area contributed by atoms with E-state index in [-0.39, 0.29) is 0 Å². The highest BCUT2D eigenvalue weighted by Crippen LogP contribution is 2.28. The Kier molecular flexibility index (Phi) is 4.26. The summed E-state index contributed by atoms with van der Waals surface area (Å²) in [6.07, 6.45) is 1.21. The minimum Gasteiger partial charge on any atom is -0.508 e. The highest BCUT2D eigenvalue weighted by Gasteiger charge is 2.23. The zero-order valence-corrected chi connectivity index (χ0v) is 10.9. The molecule has 17 heavy (non-hydrogen) atoms. The third kappa shape index (κ3) is 3.12. The standard InChI is InChI=1S/C13H19ClN2O/c1-15-7-10-5-6-16(8-10)9-11-12(14)3-2-4-13(11)17/h2-4,10,15,17H,5-9H2,1H3. The molecular weight excluding hydrogens is 236 g/mol. The van der Waals surface area contributed by atoms with Crippen LogP contribution in [0.1, 0.15) is 12.0 Å². The lowest BCUT2D eigenvalue weighted by Crippen LogP contribution is -2.24. The molecule has 1 aliphatic rings. The molecule has 0 saturated carbocycles. The van der Waals surface area contributed by atoms with Crippen molar-refractivity contribution in [1.29, 1.82) is 0 Å². The molecule has 3 nitrogen and oxygen atoms in total. The SMILES string of the molecule is CNCC1CCN(Cc2c(O)cccc2Cl)C1. The summed E-state index contributed by atoms with van der Waals surface area (Å²) in [7, 11) is 1.99. The van der Waals surface area contributed by atoms with E-state index in [1.54, 1.807) is 12.1 Å². The van der Waals surface area contributed by atoms with Crippen LogP contribution in [0.3, 0.4) is 0 Å². The molecule has 2 N–H and O–H groups in total. The van der Waals surface area contributed by atoms with Crippen molar-refractivity contribution in [2.45, 2.75) is 13.0 Å². The summed E-state index contributed by atoms with van der Waals surface area (Å²) < 4.78 is 0. The van der Waals surface area contributed by atoms with Gasteiger partial charge in [-0.2, -0.15) is 0 Å². The van der Waals surface area contributed by atoms with Crippen LogP contribution >= 0.6 is 11.6 Å². The lowest BCUT2D eigenvalue weighted by molar-refractivity contribution is 0.309. The van der Waals surface area contributed by atoms with E-state index in [9.17, 15) is 5.11 Å². The average Bonchev–Trinajstić information content (AvgIpc) is 2.72. The molecule has 1 aromatic carbocycles. The van der Waals surface area contributed by atoms with Gasteiger partial charge in [0.15, 0.2) is 0 Å². The molecule has 1 heterocycles. The molecule has 0 amide bonds. The molecule has 2 rings (SSSR count). The first kappa shape index (κ1) is 12.7. The zero-order valence-electron chi connectivity index (χ0n) is 10.1. The summed E-state index contributed by atoms with van der Waals surface area (Å²) in [6.45, 7) is 3.96. The molecule has 4 heteroatoms. The molecule has 1 saturated heterocycles. The average molecular weight is 255 g/mol. The molecule has 0 aromatic heterocycles. The van der Waals surface area contributed by atoms with Gasteiger partial charge in [-0.1, -0.05) is 17.7 Å². The maximum atomic E-state index is 9.80. The van der Waals surface area contributed by atoms with Gasteiger partial charge in [0.25, 0.3) is 0 Å². The molecule has 1 fully saturated rings. The number of phenolic OH excluding ortho intramolecular Hbond substituents is 1. The van der Waals surface area contributed by atoms with Crippen molar-refractivity contribution in [3.63, 3.8) is 0 Å². The smallest absolute Gasteiger partial charge is 0.121 e. The van der Waals surface area contributed by atoms with Crippen molar-refractivity contribution in [3.05, 3.63) is 28.8 Å². The number of halogens is 1. The molecule has 1 unspecified atom stereocenters. The predicted molar refractivity (Wildman–Crippen MR) is 70.4 cm³/mol. The van der Waals surface area contributed by atoms with Crippen LogP contribution in [-0.4, -0.2) is 36.7 Å². The molecule has 0 radical (unpaired) electrons. The molecule has 0 bridgehead atoms. The Morgan fingerprint density at radius 2 is 2.35 bits per heavy atom. The van der Waals surface area contributed by atoms with Crippen LogP contribution in [-0.2, 0) is 6.54 Å². The topological polar surface area (TPSA) is 35.5 Å². The van der Waals surface area contributed by atoms with Crippen molar-refractivity contribution in [2.75, 3.05) is 26.7 Å². The number of rotatable bonds is 4. The second kappa shape index (κ2) is 5.71. The van der Waals surface area contributed by atoms with Gasteiger partial charge < -0.3 is 10.4 Å². The van der Waals surface area contributed by atoms with Crippen LogP contribution in [0.25, 0.3) is 0 Å². The van der Waals surface area contributed by atoms with E-state index in [1.165, 1.54) is 6.42 Å². The van der Waals surface area contributed by atoms with Crippen LogP contribution < -0.4 is 5.32 Å². The van der Waals surface area contributed by atoms with Gasteiger partial charge in [-0.05, 0) is 44.6 Å². The van der Waals surface area contributed by atoms with Gasteiger partial charge in [-0.3, -0.25) is 4.90 Å². The molecule has 1 aromatic rings. The number of phenols is 1. The Bertz CT molecular complexity index is 363. The van der Waals surface area contributed by atoms with Crippen molar-refractivity contribution >= 4 is 11.6 Å². The van der Waals surface area contributed by atoms with Crippen LogP contribution in [0.15, 0.2) is 18.2 Å². The van der Waals surface area contributed by atoms with E-state index < -0.39 is 0 Å². The number of likely N-dealkylation sites (tertiary alicyclic amines) is 1. The lowest BCUT2D eigenvalue weighted by Gasteiger charge is -2.17. The van der Waals surface area contributed by atoms with Gasteiger partial charge in [0.1, 0.15) is 5.75 Å². The largest absolute Gasteiger partial charge is 0.508 e. The summed E-state index contributed by atoms with van der Waals surface area (Å²) in [5.74, 6) is 1.01. The zero-order chi connectivity index (χ0) is 12.3. The maximum Gasteiger partial charge on any atom is 0.121 e. The number of hydrogen-bond acceptors (Lipinski definition) is 3. The van der Waals surface area contributed by atoms with Crippen molar-refractivity contribution in [2.24, 2.45) is 5.92 Å². The third-order valence-electron chi connectivity index (χ3n) is 3.34. The number of nitrogens with one attached hydrogen (secondary N) is 1. The van der Waals surface area contributed by atoms with E-state index in [4.69, 9.17) is 11.6 Å². The van der Waals surface area contributed by atoms with E-state index in [1.807, 2.05) is 13.1 Å². The minimum absolute atomic E-state index is 0.301. The number of aromatic hydroxyl groups is 1. The number of hydrogen-bond donors (Lipinski definition) is 2. The fourth-order valence-electron chi connectivity index (χ4n) is 2.44. The minimum atomic E-state index is 0.301. The Morgan fingerprint density at radius 1 is 1.53 bits per heavy atom. The van der Waals surface area contributed by atoms with Crippen LogP contribution in [0, 0.1) is 5.92 Å². The van der Waals surface area contributed by atoms with Crippen molar-refractivity contribution in [3.8, 4) is 5.75 Å². The molecular formula is C13H19ClN2O. The first-order valence-electron chi connectivity index (χ1n) is 6.04. The van der Waals surface area contributed by atoms with Crippen LogP contribution in [0.2, 0.25) is 5.02 Å². The van der Waals surface area contributed by atoms with Gasteiger partial charge in [0.05, 0.1) is 0 Å². The van der Waals surface area contributed by atoms with E-state index in [0.717, 1.165) is 31.7 Å². The summed E-state index contributed by atoms with van der Waals surface area (Å²) in [5.41, 5.74) is 0.847. The highest BCUT2D eigenvalue weighted by atomic mass is 35.5. The van der Waals surface area contributed by atoms with Gasteiger partial charge in [0.2, 0.25) is 0 Å². The number of benzene rings is 1. The summed E-state index contributed by atoms with van der Waals surface area (Å²) in [5, 5.41) is 13.7. The van der Waals surface area contributed by atoms with Crippen LogP contribution in [0.5, 0.6) is 5.75 Å². The van der Waals surface area contributed by atoms with Crippen molar-refractivity contribution in [1.82, 2.24) is 10.2 Å². The van der Waals surface area contributed by atoms with Crippen molar-refractivity contribution < 1.29 is 5.11 Å². The fraction of sp³-hybridized carbons (Fsp3) is 0.538. The molecule has 94 valence electrons. The molecule has 1 atom stereocenters. The van der Waals surface area contributed by atoms with E-state index >= 15 is 0 Å². The normalized spacial score (nSPS) is 20.9. The maximum absolute atomic E-state index is 9.80. The van der Waals surface area contributed by atoms with E-state index in [0.29, 0.717) is 16.7 Å². The molecule has 1 aliphatic heterocycles.